The van der Waals surface area contributed by atoms with Crippen LogP contribution in [0.1, 0.15) is 49.0 Å². The maximum Gasteiger partial charge on any atom is 0.259 e. The Morgan fingerprint density at radius 3 is 2.78 bits per heavy atom. The summed E-state index contributed by atoms with van der Waals surface area (Å²) in [4.78, 5) is 22.7. The molecular formula is C21H22Cl2N2OS. The molecule has 0 saturated heterocycles. The molecule has 6 heteroatoms. The largest absolute Gasteiger partial charge is 0.310 e. The molecule has 0 spiro atoms. The molecule has 0 amide bonds. The molecule has 1 N–H and O–H groups in total. The van der Waals surface area contributed by atoms with Crippen LogP contribution in [0.25, 0.3) is 10.2 Å². The second-order valence-corrected chi connectivity index (χ2v) is 10.3. The number of H-pyrrole nitrogens is 1. The number of hydrogen-bond donors (Lipinski definition) is 1. The van der Waals surface area contributed by atoms with Crippen molar-refractivity contribution in [2.75, 3.05) is 0 Å². The lowest BCUT2D eigenvalue weighted by molar-refractivity contribution is 0.218. The van der Waals surface area contributed by atoms with Crippen molar-refractivity contribution in [2.24, 2.45) is 11.3 Å². The summed E-state index contributed by atoms with van der Waals surface area (Å²) in [5.74, 6) is 1.28. The molecule has 3 aromatic rings. The van der Waals surface area contributed by atoms with Crippen molar-refractivity contribution in [1.82, 2.24) is 9.97 Å². The normalized spacial score (nSPS) is 17.3. The van der Waals surface area contributed by atoms with Crippen molar-refractivity contribution in [3.63, 3.8) is 0 Å². The molecule has 142 valence electrons. The number of rotatable bonds is 2. The molecule has 1 aliphatic carbocycles. The average Bonchev–Trinajstić information content (AvgIpc) is 2.94. The molecule has 0 fully saturated rings. The third kappa shape index (κ3) is 3.67. The highest BCUT2D eigenvalue weighted by molar-refractivity contribution is 7.18. The highest BCUT2D eigenvalue weighted by atomic mass is 35.5. The fraction of sp³-hybridized carbons (Fsp3) is 0.429. The van der Waals surface area contributed by atoms with E-state index in [9.17, 15) is 4.79 Å². The minimum Gasteiger partial charge on any atom is -0.310 e. The van der Waals surface area contributed by atoms with Crippen LogP contribution in [-0.4, -0.2) is 9.97 Å². The second-order valence-electron chi connectivity index (χ2n) is 8.41. The van der Waals surface area contributed by atoms with Gasteiger partial charge in [0, 0.05) is 21.3 Å². The minimum atomic E-state index is -0.0354. The predicted octanol–water partition coefficient (Wildman–Crippen LogP) is 6.03. The number of hydrogen-bond acceptors (Lipinski definition) is 3. The summed E-state index contributed by atoms with van der Waals surface area (Å²) < 4.78 is 0. The van der Waals surface area contributed by atoms with Gasteiger partial charge in [0.25, 0.3) is 5.56 Å². The Morgan fingerprint density at radius 1 is 1.30 bits per heavy atom. The average molecular weight is 421 g/mol. The first-order chi connectivity index (χ1) is 12.7. The van der Waals surface area contributed by atoms with Gasteiger partial charge in [-0.2, -0.15) is 0 Å². The van der Waals surface area contributed by atoms with E-state index in [0.717, 1.165) is 35.0 Å². The van der Waals surface area contributed by atoms with Gasteiger partial charge in [0.05, 0.1) is 5.39 Å². The molecule has 1 aliphatic rings. The number of fused-ring (bicyclic) bond motifs is 3. The van der Waals surface area contributed by atoms with E-state index in [1.807, 2.05) is 6.07 Å². The number of benzene rings is 1. The summed E-state index contributed by atoms with van der Waals surface area (Å²) in [7, 11) is 0. The molecule has 4 rings (SSSR count). The predicted molar refractivity (Wildman–Crippen MR) is 114 cm³/mol. The number of halogens is 2. The van der Waals surface area contributed by atoms with Gasteiger partial charge in [-0.3, -0.25) is 4.79 Å². The molecule has 0 aliphatic heterocycles. The summed E-state index contributed by atoms with van der Waals surface area (Å²) >= 11 is 13.9. The molecule has 1 aromatic carbocycles. The molecule has 1 atom stereocenters. The van der Waals surface area contributed by atoms with Gasteiger partial charge in [-0.05, 0) is 53.9 Å². The number of nitrogens with one attached hydrogen (secondary N) is 1. The molecule has 0 bridgehead atoms. The van der Waals surface area contributed by atoms with Gasteiger partial charge in [0.1, 0.15) is 10.7 Å². The maximum atomic E-state index is 12.8. The van der Waals surface area contributed by atoms with Crippen LogP contribution in [0.15, 0.2) is 23.0 Å². The molecule has 0 saturated carbocycles. The quantitative estimate of drug-likeness (QED) is 0.549. The van der Waals surface area contributed by atoms with Crippen molar-refractivity contribution < 1.29 is 0 Å². The molecule has 1 unspecified atom stereocenters. The molecular weight excluding hydrogens is 399 g/mol. The first-order valence-corrected chi connectivity index (χ1v) is 10.8. The smallest absolute Gasteiger partial charge is 0.259 e. The van der Waals surface area contributed by atoms with Gasteiger partial charge in [-0.1, -0.05) is 50.0 Å². The number of aromatic nitrogens is 2. The van der Waals surface area contributed by atoms with E-state index >= 15 is 0 Å². The van der Waals surface area contributed by atoms with Gasteiger partial charge in [-0.25, -0.2) is 4.98 Å². The number of aryl methyl sites for hydroxylation is 1. The first kappa shape index (κ1) is 19.0. The van der Waals surface area contributed by atoms with Crippen molar-refractivity contribution >= 4 is 44.8 Å². The molecule has 2 aromatic heterocycles. The standard InChI is InChI=1S/C21H22Cl2N2OS/c1-21(2,3)12-5-7-14-16(9-12)27-20-18(14)19(26)24-17(25-20)8-11-4-6-13(22)10-15(11)23/h4,6,10,12H,5,7-9H2,1-3H3,(H,24,25,26). The highest BCUT2D eigenvalue weighted by Gasteiger charge is 2.31. The zero-order valence-electron chi connectivity index (χ0n) is 15.7. The molecule has 27 heavy (non-hydrogen) atoms. The van der Waals surface area contributed by atoms with Crippen LogP contribution < -0.4 is 5.56 Å². The Morgan fingerprint density at radius 2 is 2.07 bits per heavy atom. The Balaban J connectivity index is 1.72. The van der Waals surface area contributed by atoms with Crippen molar-refractivity contribution in [3.8, 4) is 0 Å². The molecule has 3 nitrogen and oxygen atoms in total. The summed E-state index contributed by atoms with van der Waals surface area (Å²) in [6.07, 6.45) is 3.61. The van der Waals surface area contributed by atoms with Gasteiger partial charge >= 0.3 is 0 Å². The lowest BCUT2D eigenvalue weighted by atomic mass is 9.72. The Labute approximate surface area is 172 Å². The van der Waals surface area contributed by atoms with Gasteiger partial charge in [0.2, 0.25) is 0 Å². The Bertz CT molecular complexity index is 1080. The minimum absolute atomic E-state index is 0.0354. The van der Waals surface area contributed by atoms with Gasteiger partial charge in [0.15, 0.2) is 0 Å². The first-order valence-electron chi connectivity index (χ1n) is 9.19. The molecule has 2 heterocycles. The van der Waals surface area contributed by atoms with E-state index in [1.165, 1.54) is 10.4 Å². The number of aromatic amines is 1. The van der Waals surface area contributed by atoms with Crippen molar-refractivity contribution in [2.45, 2.75) is 46.5 Å². The Hall–Kier alpha value is -1.36. The second kappa shape index (κ2) is 6.91. The van der Waals surface area contributed by atoms with Crippen LogP contribution >= 0.6 is 34.5 Å². The van der Waals surface area contributed by atoms with E-state index < -0.39 is 0 Å². The highest BCUT2D eigenvalue weighted by Crippen LogP contribution is 2.42. The SMILES string of the molecule is CC(C)(C)C1CCc2c(sc3nc(Cc4ccc(Cl)cc4Cl)[nH]c(=O)c23)C1. The van der Waals surface area contributed by atoms with Crippen LogP contribution in [0.5, 0.6) is 0 Å². The lowest BCUT2D eigenvalue weighted by Gasteiger charge is -2.33. The van der Waals surface area contributed by atoms with Crippen LogP contribution in [0.4, 0.5) is 0 Å². The third-order valence-electron chi connectivity index (χ3n) is 5.57. The number of thiophene rings is 1. The zero-order chi connectivity index (χ0) is 19.3. The Kier molecular flexibility index (Phi) is 4.86. The van der Waals surface area contributed by atoms with Crippen LogP contribution in [0, 0.1) is 11.3 Å². The topological polar surface area (TPSA) is 45.8 Å². The van der Waals surface area contributed by atoms with E-state index in [2.05, 4.69) is 25.8 Å². The fourth-order valence-electron chi connectivity index (χ4n) is 3.90. The number of nitrogens with zero attached hydrogens (tertiary/aromatic N) is 1. The van der Waals surface area contributed by atoms with E-state index in [4.69, 9.17) is 28.2 Å². The van der Waals surface area contributed by atoms with Crippen molar-refractivity contribution in [1.29, 1.82) is 0 Å². The van der Waals surface area contributed by atoms with E-state index in [1.54, 1.807) is 23.5 Å². The monoisotopic (exact) mass is 420 g/mol. The summed E-state index contributed by atoms with van der Waals surface area (Å²) in [5, 5.41) is 1.97. The fourth-order valence-corrected chi connectivity index (χ4v) is 5.69. The summed E-state index contributed by atoms with van der Waals surface area (Å²) in [5.41, 5.74) is 2.36. The molecule has 0 radical (unpaired) electrons. The van der Waals surface area contributed by atoms with E-state index in [-0.39, 0.29) is 11.0 Å². The van der Waals surface area contributed by atoms with Crippen LogP contribution in [0.3, 0.4) is 0 Å². The maximum absolute atomic E-state index is 12.8. The van der Waals surface area contributed by atoms with Crippen LogP contribution in [0.2, 0.25) is 10.0 Å². The summed E-state index contributed by atoms with van der Waals surface area (Å²) in [6, 6.07) is 5.39. The van der Waals surface area contributed by atoms with Gasteiger partial charge < -0.3 is 4.98 Å². The van der Waals surface area contributed by atoms with Gasteiger partial charge in [-0.15, -0.1) is 11.3 Å². The van der Waals surface area contributed by atoms with Crippen molar-refractivity contribution in [3.05, 3.63) is 60.4 Å². The van der Waals surface area contributed by atoms with E-state index in [0.29, 0.717) is 28.2 Å². The summed E-state index contributed by atoms with van der Waals surface area (Å²) in [6.45, 7) is 6.90. The zero-order valence-corrected chi connectivity index (χ0v) is 18.0. The van der Waals surface area contributed by atoms with Crippen LogP contribution in [-0.2, 0) is 19.3 Å². The third-order valence-corrected chi connectivity index (χ3v) is 7.30. The lowest BCUT2D eigenvalue weighted by Crippen LogP contribution is -2.26.